The van der Waals surface area contributed by atoms with Gasteiger partial charge in [-0.25, -0.2) is 18.7 Å². The second-order valence-electron chi connectivity index (χ2n) is 11.7. The van der Waals surface area contributed by atoms with Gasteiger partial charge in [0.25, 0.3) is 11.8 Å². The Bertz CT molecular complexity index is 1680. The van der Waals surface area contributed by atoms with Crippen molar-refractivity contribution < 1.29 is 32.7 Å². The Labute approximate surface area is 293 Å². The highest BCUT2D eigenvalue weighted by Crippen LogP contribution is 2.29. The Hall–Kier alpha value is -4.30. The van der Waals surface area contributed by atoms with Crippen LogP contribution >= 0.6 is 23.4 Å². The number of halogens is 3. The lowest BCUT2D eigenvalue weighted by Crippen LogP contribution is -2.46. The van der Waals surface area contributed by atoms with Crippen molar-refractivity contribution in [3.8, 4) is 11.6 Å². The molecule has 0 aliphatic carbocycles. The summed E-state index contributed by atoms with van der Waals surface area (Å²) >= 11 is 7.41. The van der Waals surface area contributed by atoms with Gasteiger partial charge in [0.05, 0.1) is 18.0 Å². The summed E-state index contributed by atoms with van der Waals surface area (Å²) in [5.41, 5.74) is 1.12. The maximum absolute atomic E-state index is 13.8. The predicted molar refractivity (Wildman–Crippen MR) is 182 cm³/mol. The first-order valence-corrected chi connectivity index (χ1v) is 17.4. The van der Waals surface area contributed by atoms with E-state index in [-0.39, 0.29) is 46.1 Å². The highest BCUT2D eigenvalue weighted by Gasteiger charge is 2.25. The summed E-state index contributed by atoms with van der Waals surface area (Å²) in [6.45, 7) is 7.42. The van der Waals surface area contributed by atoms with Crippen molar-refractivity contribution >= 4 is 47.0 Å². The van der Waals surface area contributed by atoms with Crippen molar-refractivity contribution in [2.24, 2.45) is 0 Å². The summed E-state index contributed by atoms with van der Waals surface area (Å²) in [5.74, 6) is -1.44. The lowest BCUT2D eigenvalue weighted by atomic mass is 10.0. The Morgan fingerprint density at radius 3 is 1.80 bits per heavy atom. The van der Waals surface area contributed by atoms with E-state index in [0.29, 0.717) is 57.6 Å². The van der Waals surface area contributed by atoms with Gasteiger partial charge in [-0.1, -0.05) is 11.6 Å². The molecule has 2 N–H and O–H groups in total. The third-order valence-electron chi connectivity index (χ3n) is 8.24. The molecule has 2 saturated heterocycles. The van der Waals surface area contributed by atoms with Crippen LogP contribution in [0.2, 0.25) is 5.15 Å². The summed E-state index contributed by atoms with van der Waals surface area (Å²) in [6, 6.07) is 7.65. The number of piperidine rings is 2. The molecule has 0 bridgehead atoms. The maximum atomic E-state index is 13.8. The van der Waals surface area contributed by atoms with Crippen molar-refractivity contribution in [2.45, 2.75) is 63.4 Å². The summed E-state index contributed by atoms with van der Waals surface area (Å²) in [6.07, 6.45) is 6.63. The van der Waals surface area contributed by atoms with Crippen LogP contribution in [-0.4, -0.2) is 87.9 Å². The fraction of sp³-hybridized carbons (Fsp3) is 0.412. The lowest BCUT2D eigenvalue weighted by Gasteiger charge is -2.31. The number of carbonyl (C=O) groups is 4. The van der Waals surface area contributed by atoms with Gasteiger partial charge in [-0.05, 0) is 74.8 Å². The van der Waals surface area contributed by atoms with Crippen LogP contribution in [0.5, 0.6) is 11.6 Å². The highest BCUT2D eigenvalue weighted by atomic mass is 35.5. The molecule has 49 heavy (non-hydrogen) atoms. The zero-order valence-electron chi connectivity index (χ0n) is 27.7. The zero-order valence-corrected chi connectivity index (χ0v) is 29.3. The zero-order chi connectivity index (χ0) is 35.7. The van der Waals surface area contributed by atoms with Crippen LogP contribution in [0, 0.1) is 18.6 Å². The molecule has 11 nitrogen and oxygen atoms in total. The minimum absolute atomic E-state index is 0.0231. The standard InChI is InChI=1S/C21H24FN3O3S.C13H15ClFN3O2/c1-13-10-17(4-5-19(13)29-3)28-21-18(11-15(22)12-23-21)20(27)24-16-6-8-25(9-7-16)14(2)26;1-8(19)18-4-2-10(3-5-18)17-13(20)11-6-9(15)7-16-12(11)14/h4-5,10-12,16H,6-9H2,1-3H3,(H,24,27);6-7,10H,2-5H2,1H3,(H,17,20). The summed E-state index contributed by atoms with van der Waals surface area (Å²) in [4.78, 5) is 59.6. The van der Waals surface area contributed by atoms with E-state index >= 15 is 0 Å². The van der Waals surface area contributed by atoms with Crippen LogP contribution in [0.1, 0.15) is 65.8 Å². The number of aromatic nitrogens is 2. The largest absolute Gasteiger partial charge is 0.438 e. The Morgan fingerprint density at radius 1 is 0.816 bits per heavy atom. The van der Waals surface area contributed by atoms with E-state index in [1.807, 2.05) is 25.3 Å². The Kier molecular flexibility index (Phi) is 13.3. The molecule has 2 aliphatic heterocycles. The third-order valence-corrected chi connectivity index (χ3v) is 9.44. The van der Waals surface area contributed by atoms with Crippen molar-refractivity contribution in [1.82, 2.24) is 30.4 Å². The van der Waals surface area contributed by atoms with E-state index in [2.05, 4.69) is 20.6 Å². The van der Waals surface area contributed by atoms with Gasteiger partial charge in [-0.2, -0.15) is 0 Å². The third kappa shape index (κ3) is 10.6. The molecule has 1 aromatic carbocycles. The fourth-order valence-electron chi connectivity index (χ4n) is 5.48. The number of likely N-dealkylation sites (tertiary alicyclic amines) is 2. The van der Waals surface area contributed by atoms with E-state index in [0.717, 1.165) is 35.0 Å². The molecule has 262 valence electrons. The van der Waals surface area contributed by atoms with Crippen LogP contribution in [0.3, 0.4) is 0 Å². The second-order valence-corrected chi connectivity index (χ2v) is 12.9. The van der Waals surface area contributed by atoms with Crippen LogP contribution in [0.15, 0.2) is 47.6 Å². The van der Waals surface area contributed by atoms with Crippen molar-refractivity contribution in [3.05, 3.63) is 76.2 Å². The molecule has 2 fully saturated rings. The average Bonchev–Trinajstić information content (AvgIpc) is 3.07. The Morgan fingerprint density at radius 2 is 1.31 bits per heavy atom. The number of amides is 4. The van der Waals surface area contributed by atoms with Crippen LogP contribution in [0.25, 0.3) is 0 Å². The molecule has 2 aromatic heterocycles. The first-order valence-electron chi connectivity index (χ1n) is 15.8. The summed E-state index contributed by atoms with van der Waals surface area (Å²) < 4.78 is 32.7. The molecule has 0 unspecified atom stereocenters. The monoisotopic (exact) mass is 716 g/mol. The van der Waals surface area contributed by atoms with Gasteiger partial charge in [0, 0.05) is 57.0 Å². The molecule has 3 aromatic rings. The first-order chi connectivity index (χ1) is 23.3. The molecule has 4 heterocycles. The molecule has 5 rings (SSSR count). The minimum Gasteiger partial charge on any atom is -0.438 e. The first kappa shape index (κ1) is 37.5. The number of hydrogen-bond donors (Lipinski definition) is 2. The van der Waals surface area contributed by atoms with Crippen molar-refractivity contribution in [1.29, 1.82) is 0 Å². The molecular weight excluding hydrogens is 678 g/mol. The topological polar surface area (TPSA) is 134 Å². The molecule has 4 amide bonds. The number of thioether (sulfide) groups is 1. The average molecular weight is 717 g/mol. The molecule has 0 saturated carbocycles. The van der Waals surface area contributed by atoms with Gasteiger partial charge in [0.15, 0.2) is 0 Å². The Balaban J connectivity index is 0.000000237. The van der Waals surface area contributed by atoms with Gasteiger partial charge < -0.3 is 25.2 Å². The molecular formula is C34H39ClF2N6O5S. The van der Waals surface area contributed by atoms with Gasteiger partial charge in [-0.3, -0.25) is 19.2 Å². The lowest BCUT2D eigenvalue weighted by molar-refractivity contribution is -0.130. The number of benzene rings is 1. The number of pyridine rings is 2. The second kappa shape index (κ2) is 17.4. The normalized spacial score (nSPS) is 15.2. The highest BCUT2D eigenvalue weighted by molar-refractivity contribution is 7.98. The van der Waals surface area contributed by atoms with Gasteiger partial charge in [-0.15, -0.1) is 11.8 Å². The smallest absolute Gasteiger partial charge is 0.257 e. The van der Waals surface area contributed by atoms with E-state index in [4.69, 9.17) is 16.3 Å². The number of nitrogens with one attached hydrogen (secondary N) is 2. The SMILES string of the molecule is CC(=O)N1CCC(NC(=O)c2cc(F)cnc2Cl)CC1.CSc1ccc(Oc2ncc(F)cc2C(=O)NC2CCN(C(C)=O)CC2)cc1C. The quantitative estimate of drug-likeness (QED) is 0.246. The summed E-state index contributed by atoms with van der Waals surface area (Å²) in [5, 5.41) is 5.68. The molecule has 2 aliphatic rings. The van der Waals surface area contributed by atoms with Crippen LogP contribution < -0.4 is 15.4 Å². The van der Waals surface area contributed by atoms with Gasteiger partial charge >= 0.3 is 0 Å². The number of rotatable bonds is 7. The fourth-order valence-corrected chi connectivity index (χ4v) is 6.26. The number of ether oxygens (including phenoxy) is 1. The van der Waals surface area contributed by atoms with Crippen molar-refractivity contribution in [2.75, 3.05) is 32.4 Å². The van der Waals surface area contributed by atoms with E-state index in [1.54, 1.807) is 27.6 Å². The number of nitrogens with zero attached hydrogens (tertiary/aromatic N) is 4. The molecule has 15 heteroatoms. The number of hydrogen-bond acceptors (Lipinski definition) is 8. The van der Waals surface area contributed by atoms with E-state index in [1.165, 1.54) is 13.8 Å². The predicted octanol–water partition coefficient (Wildman–Crippen LogP) is 5.40. The van der Waals surface area contributed by atoms with Crippen LogP contribution in [0.4, 0.5) is 8.78 Å². The summed E-state index contributed by atoms with van der Waals surface area (Å²) in [7, 11) is 0. The molecule has 0 atom stereocenters. The minimum atomic E-state index is -0.609. The molecule has 0 spiro atoms. The number of carbonyl (C=O) groups excluding carboxylic acids is 4. The van der Waals surface area contributed by atoms with Crippen molar-refractivity contribution in [3.63, 3.8) is 0 Å². The molecule has 0 radical (unpaired) electrons. The maximum Gasteiger partial charge on any atom is 0.257 e. The van der Waals surface area contributed by atoms with Crippen LogP contribution in [-0.2, 0) is 9.59 Å². The van der Waals surface area contributed by atoms with E-state index in [9.17, 15) is 28.0 Å². The van der Waals surface area contributed by atoms with Gasteiger partial charge in [0.2, 0.25) is 17.7 Å². The van der Waals surface area contributed by atoms with Gasteiger partial charge in [0.1, 0.15) is 28.1 Å². The number of aryl methyl sites for hydroxylation is 1. The van der Waals surface area contributed by atoms with E-state index < -0.39 is 23.4 Å².